The first-order valence-electron chi connectivity index (χ1n) is 4.83. The van der Waals surface area contributed by atoms with Gasteiger partial charge in [-0.1, -0.05) is 0 Å². The Morgan fingerprint density at radius 2 is 2.06 bits per heavy atom. The van der Waals surface area contributed by atoms with Crippen molar-refractivity contribution in [1.29, 1.82) is 0 Å². The molecule has 1 aromatic rings. The van der Waals surface area contributed by atoms with Crippen LogP contribution in [-0.4, -0.2) is 35.6 Å². The molecule has 0 aromatic heterocycles. The molecule has 6 heteroatoms. The minimum absolute atomic E-state index is 0.0772. The van der Waals surface area contributed by atoms with E-state index < -0.39 is 5.97 Å². The topological polar surface area (TPSA) is 95.9 Å². The monoisotopic (exact) mass is 239 g/mol. The number of rotatable bonds is 5. The van der Waals surface area contributed by atoms with Crippen LogP contribution in [0.2, 0.25) is 0 Å². The van der Waals surface area contributed by atoms with Gasteiger partial charge in [-0.3, -0.25) is 9.59 Å². The number of ether oxygens (including phenoxy) is 1. The molecule has 3 N–H and O–H groups in total. The minimum Gasteiger partial charge on any atom is -0.507 e. The van der Waals surface area contributed by atoms with Crippen LogP contribution < -0.4 is 10.1 Å². The lowest BCUT2D eigenvalue weighted by atomic mass is 10.1. The highest BCUT2D eigenvalue weighted by molar-refractivity contribution is 6.00. The maximum atomic E-state index is 11.3. The summed E-state index contributed by atoms with van der Waals surface area (Å²) in [5.74, 6) is -1.40. The van der Waals surface area contributed by atoms with Gasteiger partial charge < -0.3 is 20.3 Å². The average molecular weight is 239 g/mol. The first-order valence-corrected chi connectivity index (χ1v) is 4.83. The van der Waals surface area contributed by atoms with Crippen LogP contribution >= 0.6 is 0 Å². The molecule has 92 valence electrons. The number of phenols is 1. The number of ketones is 1. The zero-order valence-corrected chi connectivity index (χ0v) is 9.48. The minimum atomic E-state index is -1.03. The Balaban J connectivity index is 3.09. The van der Waals surface area contributed by atoms with Crippen LogP contribution in [0.15, 0.2) is 12.1 Å². The maximum Gasteiger partial charge on any atom is 0.322 e. The molecular weight excluding hydrogens is 226 g/mol. The number of benzene rings is 1. The van der Waals surface area contributed by atoms with Crippen LogP contribution in [0.3, 0.4) is 0 Å². The average Bonchev–Trinajstić information content (AvgIpc) is 2.24. The molecule has 0 aliphatic heterocycles. The molecule has 17 heavy (non-hydrogen) atoms. The van der Waals surface area contributed by atoms with E-state index in [9.17, 15) is 14.7 Å². The molecule has 1 rings (SSSR count). The van der Waals surface area contributed by atoms with Crippen molar-refractivity contribution in [2.24, 2.45) is 0 Å². The number of carboxylic acid groups (broad SMARTS) is 1. The van der Waals surface area contributed by atoms with Gasteiger partial charge in [-0.15, -0.1) is 0 Å². The van der Waals surface area contributed by atoms with Gasteiger partial charge in [0.05, 0.1) is 7.11 Å². The van der Waals surface area contributed by atoms with Gasteiger partial charge in [0.2, 0.25) is 0 Å². The zero-order valence-electron chi connectivity index (χ0n) is 9.48. The van der Waals surface area contributed by atoms with E-state index in [0.29, 0.717) is 5.69 Å². The van der Waals surface area contributed by atoms with Gasteiger partial charge in [0.1, 0.15) is 23.6 Å². The molecule has 1 aromatic carbocycles. The second-order valence-electron chi connectivity index (χ2n) is 3.38. The van der Waals surface area contributed by atoms with Gasteiger partial charge in [0, 0.05) is 17.8 Å². The smallest absolute Gasteiger partial charge is 0.322 e. The van der Waals surface area contributed by atoms with E-state index in [0.717, 1.165) is 0 Å². The summed E-state index contributed by atoms with van der Waals surface area (Å²) >= 11 is 0. The summed E-state index contributed by atoms with van der Waals surface area (Å²) < 4.78 is 4.97. The fourth-order valence-corrected chi connectivity index (χ4v) is 1.40. The van der Waals surface area contributed by atoms with Crippen molar-refractivity contribution >= 4 is 17.4 Å². The highest BCUT2D eigenvalue weighted by Gasteiger charge is 2.15. The predicted octanol–water partition coefficient (Wildman–Crippen LogP) is 1.10. The molecule has 0 saturated carbocycles. The molecule has 0 saturated heterocycles. The first kappa shape index (κ1) is 12.8. The molecule has 0 unspecified atom stereocenters. The van der Waals surface area contributed by atoms with E-state index in [4.69, 9.17) is 9.84 Å². The normalized spacial score (nSPS) is 9.76. The highest BCUT2D eigenvalue weighted by Crippen LogP contribution is 2.32. The number of hydrogen-bond donors (Lipinski definition) is 3. The van der Waals surface area contributed by atoms with Crippen LogP contribution in [0.5, 0.6) is 11.5 Å². The van der Waals surface area contributed by atoms with Crippen LogP contribution in [0.1, 0.15) is 17.3 Å². The molecule has 0 aliphatic rings. The Labute approximate surface area is 97.8 Å². The van der Waals surface area contributed by atoms with Crippen LogP contribution in [0, 0.1) is 0 Å². The van der Waals surface area contributed by atoms with Gasteiger partial charge >= 0.3 is 5.97 Å². The zero-order chi connectivity index (χ0) is 13.0. The number of phenolic OH excluding ortho intramolecular Hbond substituents is 1. The van der Waals surface area contributed by atoms with E-state index in [1.807, 2.05) is 0 Å². The summed E-state index contributed by atoms with van der Waals surface area (Å²) in [7, 11) is 1.36. The standard InChI is InChI=1S/C11H13NO5/c1-6(13)11-8(14)3-7(4-9(11)17-2)12-5-10(15)16/h3-4,12,14H,5H2,1-2H3,(H,15,16). The lowest BCUT2D eigenvalue weighted by Gasteiger charge is -2.11. The molecular formula is C11H13NO5. The number of methoxy groups -OCH3 is 1. The number of aliphatic carboxylic acids is 1. The van der Waals surface area contributed by atoms with Crippen molar-refractivity contribution in [3.8, 4) is 11.5 Å². The van der Waals surface area contributed by atoms with Crippen LogP contribution in [0.4, 0.5) is 5.69 Å². The molecule has 6 nitrogen and oxygen atoms in total. The summed E-state index contributed by atoms with van der Waals surface area (Å²) in [5, 5.41) is 20.7. The number of nitrogens with one attached hydrogen (secondary N) is 1. The number of carbonyl (C=O) groups is 2. The van der Waals surface area contributed by atoms with E-state index in [-0.39, 0.29) is 29.4 Å². The van der Waals surface area contributed by atoms with Gasteiger partial charge in [0.15, 0.2) is 5.78 Å². The Morgan fingerprint density at radius 1 is 1.41 bits per heavy atom. The Kier molecular flexibility index (Phi) is 3.92. The molecule has 0 heterocycles. The van der Waals surface area contributed by atoms with Crippen molar-refractivity contribution < 1.29 is 24.5 Å². The lowest BCUT2D eigenvalue weighted by molar-refractivity contribution is -0.134. The Morgan fingerprint density at radius 3 is 2.53 bits per heavy atom. The van der Waals surface area contributed by atoms with E-state index in [1.165, 1.54) is 26.2 Å². The summed E-state index contributed by atoms with van der Waals surface area (Å²) in [4.78, 5) is 21.6. The third kappa shape index (κ3) is 3.10. The van der Waals surface area contributed by atoms with Crippen molar-refractivity contribution in [2.75, 3.05) is 19.0 Å². The molecule has 0 fully saturated rings. The largest absolute Gasteiger partial charge is 0.507 e. The third-order valence-corrected chi connectivity index (χ3v) is 2.10. The number of carbonyl (C=O) groups excluding carboxylic acids is 1. The van der Waals surface area contributed by atoms with Gasteiger partial charge in [-0.2, -0.15) is 0 Å². The fourth-order valence-electron chi connectivity index (χ4n) is 1.40. The number of hydrogen-bond acceptors (Lipinski definition) is 5. The highest BCUT2D eigenvalue weighted by atomic mass is 16.5. The van der Waals surface area contributed by atoms with Crippen molar-refractivity contribution in [3.63, 3.8) is 0 Å². The van der Waals surface area contributed by atoms with Gasteiger partial charge in [-0.25, -0.2) is 0 Å². The van der Waals surface area contributed by atoms with E-state index >= 15 is 0 Å². The SMILES string of the molecule is COc1cc(NCC(=O)O)cc(O)c1C(C)=O. The number of carboxylic acids is 1. The molecule has 0 bridgehead atoms. The second-order valence-corrected chi connectivity index (χ2v) is 3.38. The summed E-state index contributed by atoms with van der Waals surface area (Å²) in [6.07, 6.45) is 0. The van der Waals surface area contributed by atoms with Crippen molar-refractivity contribution in [2.45, 2.75) is 6.92 Å². The molecule has 0 amide bonds. The van der Waals surface area contributed by atoms with Crippen LogP contribution in [-0.2, 0) is 4.79 Å². The lowest BCUT2D eigenvalue weighted by Crippen LogP contribution is -2.12. The number of Topliss-reactive ketones (excluding diaryl/α,β-unsaturated/α-hetero) is 1. The first-order chi connectivity index (χ1) is 7.95. The van der Waals surface area contributed by atoms with E-state index in [2.05, 4.69) is 5.32 Å². The second kappa shape index (κ2) is 5.20. The molecule has 0 radical (unpaired) electrons. The molecule has 0 spiro atoms. The number of anilines is 1. The molecule has 0 aliphatic carbocycles. The van der Waals surface area contributed by atoms with Crippen LogP contribution in [0.25, 0.3) is 0 Å². The Bertz CT molecular complexity index is 455. The fraction of sp³-hybridized carbons (Fsp3) is 0.273. The Hall–Kier alpha value is -2.24. The number of aromatic hydroxyl groups is 1. The van der Waals surface area contributed by atoms with E-state index in [1.54, 1.807) is 0 Å². The summed E-state index contributed by atoms with van der Waals surface area (Å²) in [6.45, 7) is 1.02. The molecule has 0 atom stereocenters. The summed E-state index contributed by atoms with van der Waals surface area (Å²) in [6, 6.07) is 2.74. The van der Waals surface area contributed by atoms with Gasteiger partial charge in [-0.05, 0) is 6.92 Å². The van der Waals surface area contributed by atoms with Crippen molar-refractivity contribution in [3.05, 3.63) is 17.7 Å². The van der Waals surface area contributed by atoms with Crippen molar-refractivity contribution in [1.82, 2.24) is 0 Å². The third-order valence-electron chi connectivity index (χ3n) is 2.10. The summed E-state index contributed by atoms with van der Waals surface area (Å²) in [5.41, 5.74) is 0.445. The predicted molar refractivity (Wildman–Crippen MR) is 60.8 cm³/mol. The van der Waals surface area contributed by atoms with Gasteiger partial charge in [0.25, 0.3) is 0 Å². The quantitative estimate of drug-likeness (QED) is 0.666. The maximum absolute atomic E-state index is 11.3.